The predicted molar refractivity (Wildman–Crippen MR) is 82.9 cm³/mol. The normalized spacial score (nSPS) is 13.8. The Bertz CT molecular complexity index is 296. The van der Waals surface area contributed by atoms with Gasteiger partial charge in [-0.15, -0.1) is 12.4 Å². The van der Waals surface area contributed by atoms with Crippen molar-refractivity contribution >= 4 is 24.3 Å². The van der Waals surface area contributed by atoms with Gasteiger partial charge in [0.25, 0.3) is 0 Å². The zero-order valence-electron chi connectivity index (χ0n) is 12.9. The minimum Gasteiger partial charge on any atom is -0.481 e. The van der Waals surface area contributed by atoms with E-state index in [1.54, 1.807) is 0 Å². The first-order chi connectivity index (χ1) is 8.72. The Kier molecular flexibility index (Phi) is 11.7. The van der Waals surface area contributed by atoms with Gasteiger partial charge in [-0.1, -0.05) is 27.7 Å². The Morgan fingerprint density at radius 3 is 2.00 bits per heavy atom. The van der Waals surface area contributed by atoms with Crippen molar-refractivity contribution < 1.29 is 14.7 Å². The maximum absolute atomic E-state index is 11.8. The first-order valence-corrected chi connectivity index (χ1v) is 6.97. The summed E-state index contributed by atoms with van der Waals surface area (Å²) in [5.74, 6) is -0.274. The lowest BCUT2D eigenvalue weighted by Gasteiger charge is -2.20. The quantitative estimate of drug-likeness (QED) is 0.607. The number of rotatable bonds is 9. The van der Waals surface area contributed by atoms with E-state index in [9.17, 15) is 9.59 Å². The third-order valence-electron chi connectivity index (χ3n) is 2.90. The largest absolute Gasteiger partial charge is 0.481 e. The molecule has 20 heavy (non-hydrogen) atoms. The van der Waals surface area contributed by atoms with Crippen LogP contribution in [0.5, 0.6) is 0 Å². The van der Waals surface area contributed by atoms with Crippen molar-refractivity contribution in [2.45, 2.75) is 53.0 Å². The molecule has 0 rings (SSSR count). The second-order valence-corrected chi connectivity index (χ2v) is 6.07. The molecule has 0 saturated carbocycles. The minimum absolute atomic E-state index is 0. The molecule has 0 bridgehead atoms. The van der Waals surface area contributed by atoms with Crippen LogP contribution in [0.25, 0.3) is 0 Å². The maximum atomic E-state index is 11.8. The van der Waals surface area contributed by atoms with Crippen LogP contribution in [0.3, 0.4) is 0 Å². The van der Waals surface area contributed by atoms with Crippen LogP contribution in [0.1, 0.15) is 47.0 Å². The fourth-order valence-electron chi connectivity index (χ4n) is 2.14. The zero-order valence-corrected chi connectivity index (χ0v) is 13.7. The van der Waals surface area contributed by atoms with Gasteiger partial charge in [0, 0.05) is 13.0 Å². The second kappa shape index (κ2) is 10.9. The molecule has 120 valence electrons. The first kappa shape index (κ1) is 21.5. The smallest absolute Gasteiger partial charge is 0.303 e. The van der Waals surface area contributed by atoms with Crippen LogP contribution >= 0.6 is 12.4 Å². The van der Waals surface area contributed by atoms with Gasteiger partial charge in [0.15, 0.2) is 0 Å². The highest BCUT2D eigenvalue weighted by Crippen LogP contribution is 2.15. The molecule has 0 aliphatic heterocycles. The Morgan fingerprint density at radius 2 is 1.60 bits per heavy atom. The average Bonchev–Trinajstić information content (AvgIpc) is 2.22. The van der Waals surface area contributed by atoms with Gasteiger partial charge in [-0.05, 0) is 30.6 Å². The number of halogens is 1. The monoisotopic (exact) mass is 308 g/mol. The van der Waals surface area contributed by atoms with Gasteiger partial charge in [0.1, 0.15) is 0 Å². The molecule has 6 heteroatoms. The molecule has 0 aromatic carbocycles. The number of carbonyl (C=O) groups is 2. The van der Waals surface area contributed by atoms with Crippen LogP contribution in [0.15, 0.2) is 0 Å². The van der Waals surface area contributed by atoms with Gasteiger partial charge in [-0.25, -0.2) is 0 Å². The highest BCUT2D eigenvalue weighted by atomic mass is 35.5. The van der Waals surface area contributed by atoms with Crippen molar-refractivity contribution in [3.8, 4) is 0 Å². The standard InChI is InChI=1S/C14H28N2O3.ClH/c1-9(2)5-11(7-13(17)18)8-16-14(19)12(15)6-10(3)4;/h9-12H,5-8,15H2,1-4H3,(H,16,19)(H,17,18);1H. The Hall–Kier alpha value is -0.810. The molecule has 0 saturated heterocycles. The number of nitrogens with two attached hydrogens (primary N) is 1. The maximum Gasteiger partial charge on any atom is 0.303 e. The van der Waals surface area contributed by atoms with E-state index in [1.807, 2.05) is 27.7 Å². The third kappa shape index (κ3) is 11.1. The van der Waals surface area contributed by atoms with Crippen molar-refractivity contribution in [2.24, 2.45) is 23.5 Å². The summed E-state index contributed by atoms with van der Waals surface area (Å²) < 4.78 is 0. The lowest BCUT2D eigenvalue weighted by molar-refractivity contribution is -0.138. The molecule has 0 aromatic heterocycles. The van der Waals surface area contributed by atoms with Crippen LogP contribution in [0, 0.1) is 17.8 Å². The number of carbonyl (C=O) groups excluding carboxylic acids is 1. The topological polar surface area (TPSA) is 92.4 Å². The molecule has 1 amide bonds. The predicted octanol–water partition coefficient (Wildman–Crippen LogP) is 2.03. The number of carboxylic acid groups (broad SMARTS) is 1. The molecule has 0 aliphatic carbocycles. The van der Waals surface area contributed by atoms with E-state index >= 15 is 0 Å². The molecule has 0 aromatic rings. The lowest BCUT2D eigenvalue weighted by Crippen LogP contribution is -2.43. The number of amides is 1. The van der Waals surface area contributed by atoms with Gasteiger partial charge in [-0.2, -0.15) is 0 Å². The second-order valence-electron chi connectivity index (χ2n) is 6.07. The fourth-order valence-corrected chi connectivity index (χ4v) is 2.14. The molecule has 0 heterocycles. The van der Waals surface area contributed by atoms with Crippen LogP contribution in [-0.2, 0) is 9.59 Å². The van der Waals surface area contributed by atoms with Crippen molar-refractivity contribution in [3.05, 3.63) is 0 Å². The van der Waals surface area contributed by atoms with Gasteiger partial charge in [-0.3, -0.25) is 9.59 Å². The molecular weight excluding hydrogens is 280 g/mol. The molecule has 0 fully saturated rings. The molecule has 2 atom stereocenters. The molecule has 0 spiro atoms. The highest BCUT2D eigenvalue weighted by Gasteiger charge is 2.19. The van der Waals surface area contributed by atoms with E-state index in [0.29, 0.717) is 24.8 Å². The summed E-state index contributed by atoms with van der Waals surface area (Å²) in [4.78, 5) is 22.5. The van der Waals surface area contributed by atoms with E-state index < -0.39 is 12.0 Å². The molecular formula is C14H29ClN2O3. The minimum atomic E-state index is -0.827. The van der Waals surface area contributed by atoms with Crippen molar-refractivity contribution in [3.63, 3.8) is 0 Å². The Morgan fingerprint density at radius 1 is 1.10 bits per heavy atom. The summed E-state index contributed by atoms with van der Waals surface area (Å²) in [7, 11) is 0. The van der Waals surface area contributed by atoms with Crippen molar-refractivity contribution in [1.82, 2.24) is 5.32 Å². The van der Waals surface area contributed by atoms with Crippen LogP contribution < -0.4 is 11.1 Å². The molecule has 5 nitrogen and oxygen atoms in total. The van der Waals surface area contributed by atoms with Crippen LogP contribution in [-0.4, -0.2) is 29.6 Å². The van der Waals surface area contributed by atoms with E-state index in [0.717, 1.165) is 6.42 Å². The summed E-state index contributed by atoms with van der Waals surface area (Å²) >= 11 is 0. The number of nitrogens with one attached hydrogen (secondary N) is 1. The van der Waals surface area contributed by atoms with E-state index in [4.69, 9.17) is 10.8 Å². The van der Waals surface area contributed by atoms with Gasteiger partial charge in [0.2, 0.25) is 5.91 Å². The van der Waals surface area contributed by atoms with Gasteiger partial charge in [0.05, 0.1) is 6.04 Å². The van der Waals surface area contributed by atoms with Crippen molar-refractivity contribution in [2.75, 3.05) is 6.54 Å². The third-order valence-corrected chi connectivity index (χ3v) is 2.90. The lowest BCUT2D eigenvalue weighted by atomic mass is 9.94. The summed E-state index contributed by atoms with van der Waals surface area (Å²) in [5, 5.41) is 11.6. The van der Waals surface area contributed by atoms with E-state index in [2.05, 4.69) is 5.32 Å². The van der Waals surface area contributed by atoms with Gasteiger partial charge < -0.3 is 16.2 Å². The highest BCUT2D eigenvalue weighted by molar-refractivity contribution is 5.85. The molecule has 4 N–H and O–H groups in total. The zero-order chi connectivity index (χ0) is 15.0. The number of aliphatic carboxylic acids is 1. The molecule has 0 aliphatic rings. The Labute approximate surface area is 128 Å². The summed E-state index contributed by atoms with van der Waals surface area (Å²) in [6.07, 6.45) is 1.50. The average molecular weight is 309 g/mol. The number of hydrogen-bond donors (Lipinski definition) is 3. The van der Waals surface area contributed by atoms with Crippen molar-refractivity contribution in [1.29, 1.82) is 0 Å². The summed E-state index contributed by atoms with van der Waals surface area (Å²) in [6, 6.07) is -0.510. The summed E-state index contributed by atoms with van der Waals surface area (Å²) in [6.45, 7) is 8.50. The SMILES string of the molecule is CC(C)CC(CNC(=O)C(N)CC(C)C)CC(=O)O.Cl. The Balaban J connectivity index is 0. The fraction of sp³-hybridized carbons (Fsp3) is 0.857. The molecule has 2 unspecified atom stereocenters. The van der Waals surface area contributed by atoms with E-state index in [-0.39, 0.29) is 30.7 Å². The first-order valence-electron chi connectivity index (χ1n) is 6.97. The van der Waals surface area contributed by atoms with E-state index in [1.165, 1.54) is 0 Å². The number of hydrogen-bond acceptors (Lipinski definition) is 3. The van der Waals surface area contributed by atoms with Crippen LogP contribution in [0.2, 0.25) is 0 Å². The number of carboxylic acids is 1. The summed E-state index contributed by atoms with van der Waals surface area (Å²) in [5.41, 5.74) is 5.78. The molecule has 0 radical (unpaired) electrons. The van der Waals surface area contributed by atoms with Gasteiger partial charge >= 0.3 is 5.97 Å². The van der Waals surface area contributed by atoms with Crippen LogP contribution in [0.4, 0.5) is 0 Å².